The summed E-state index contributed by atoms with van der Waals surface area (Å²) in [6.45, 7) is 4.52. The lowest BCUT2D eigenvalue weighted by atomic mass is 10.0. The normalized spacial score (nSPS) is 12.6. The van der Waals surface area contributed by atoms with E-state index in [0.717, 1.165) is 8.95 Å². The van der Waals surface area contributed by atoms with Crippen LogP contribution < -0.4 is 11.1 Å². The Morgan fingerprint density at radius 1 is 1.29 bits per heavy atom. The summed E-state index contributed by atoms with van der Waals surface area (Å²) in [4.78, 5) is 12.0. The van der Waals surface area contributed by atoms with Crippen LogP contribution in [0.5, 0.6) is 0 Å². The summed E-state index contributed by atoms with van der Waals surface area (Å²) >= 11 is 6.72. The van der Waals surface area contributed by atoms with Crippen molar-refractivity contribution in [1.29, 1.82) is 0 Å². The number of benzene rings is 1. The van der Waals surface area contributed by atoms with Gasteiger partial charge in [0.1, 0.15) is 0 Å². The van der Waals surface area contributed by atoms with Gasteiger partial charge in [-0.25, -0.2) is 0 Å². The summed E-state index contributed by atoms with van der Waals surface area (Å²) in [7, 11) is 0. The van der Waals surface area contributed by atoms with E-state index < -0.39 is 0 Å². The van der Waals surface area contributed by atoms with Gasteiger partial charge in [0.25, 0.3) is 5.91 Å². The highest BCUT2D eigenvalue weighted by Gasteiger charge is 2.16. The van der Waals surface area contributed by atoms with Crippen molar-refractivity contribution in [3.05, 3.63) is 32.7 Å². The maximum Gasteiger partial charge on any atom is 0.251 e. The van der Waals surface area contributed by atoms with E-state index in [2.05, 4.69) is 37.2 Å². The fourth-order valence-corrected chi connectivity index (χ4v) is 2.73. The summed E-state index contributed by atoms with van der Waals surface area (Å²) in [6, 6.07) is 5.46. The summed E-state index contributed by atoms with van der Waals surface area (Å²) in [5, 5.41) is 2.93. The van der Waals surface area contributed by atoms with E-state index in [9.17, 15) is 4.79 Å². The molecule has 3 nitrogen and oxygen atoms in total. The van der Waals surface area contributed by atoms with Crippen molar-refractivity contribution in [2.45, 2.75) is 19.9 Å². The first-order valence-corrected chi connectivity index (χ1v) is 6.99. The lowest BCUT2D eigenvalue weighted by Gasteiger charge is -2.20. The third kappa shape index (κ3) is 4.41. The molecule has 1 rings (SSSR count). The summed E-state index contributed by atoms with van der Waals surface area (Å²) in [5.74, 6) is 0.218. The topological polar surface area (TPSA) is 55.1 Å². The van der Waals surface area contributed by atoms with Crippen molar-refractivity contribution in [3.63, 3.8) is 0 Å². The van der Waals surface area contributed by atoms with Crippen molar-refractivity contribution >= 4 is 37.8 Å². The molecule has 5 heteroatoms. The van der Waals surface area contributed by atoms with Gasteiger partial charge in [-0.05, 0) is 24.1 Å². The first-order chi connectivity index (χ1) is 7.93. The smallest absolute Gasteiger partial charge is 0.251 e. The van der Waals surface area contributed by atoms with Gasteiger partial charge in [0.15, 0.2) is 0 Å². The maximum absolute atomic E-state index is 12.0. The van der Waals surface area contributed by atoms with E-state index >= 15 is 0 Å². The largest absolute Gasteiger partial charge is 0.348 e. The highest BCUT2D eigenvalue weighted by atomic mass is 79.9. The van der Waals surface area contributed by atoms with E-state index in [1.807, 2.05) is 19.9 Å². The minimum atomic E-state index is -0.101. The van der Waals surface area contributed by atoms with Crippen molar-refractivity contribution in [2.75, 3.05) is 6.54 Å². The number of carbonyl (C=O) groups is 1. The zero-order chi connectivity index (χ0) is 13.0. The lowest BCUT2D eigenvalue weighted by Crippen LogP contribution is -2.43. The second-order valence-electron chi connectivity index (χ2n) is 4.22. The molecule has 1 amide bonds. The van der Waals surface area contributed by atoms with Gasteiger partial charge in [-0.15, -0.1) is 0 Å². The summed E-state index contributed by atoms with van der Waals surface area (Å²) in [5.41, 5.74) is 6.24. The molecular formula is C12H16Br2N2O. The highest BCUT2D eigenvalue weighted by Crippen LogP contribution is 2.20. The van der Waals surface area contributed by atoms with E-state index in [-0.39, 0.29) is 11.9 Å². The Labute approximate surface area is 118 Å². The van der Waals surface area contributed by atoms with Crippen LogP contribution in [0, 0.1) is 5.92 Å². The molecule has 94 valence electrons. The predicted octanol–water partition coefficient (Wildman–Crippen LogP) is 2.92. The van der Waals surface area contributed by atoms with Crippen LogP contribution >= 0.6 is 31.9 Å². The lowest BCUT2D eigenvalue weighted by molar-refractivity contribution is 0.0927. The number of hydrogen-bond donors (Lipinski definition) is 2. The quantitative estimate of drug-likeness (QED) is 0.864. The van der Waals surface area contributed by atoms with Gasteiger partial charge >= 0.3 is 0 Å². The number of nitrogens with two attached hydrogens (primary N) is 1. The number of amides is 1. The Bertz CT molecular complexity index is 387. The minimum Gasteiger partial charge on any atom is -0.348 e. The van der Waals surface area contributed by atoms with Crippen LogP contribution in [0.25, 0.3) is 0 Å². The third-order valence-electron chi connectivity index (χ3n) is 2.50. The van der Waals surface area contributed by atoms with Crippen LogP contribution in [0.2, 0.25) is 0 Å². The van der Waals surface area contributed by atoms with Crippen LogP contribution in [-0.2, 0) is 0 Å². The van der Waals surface area contributed by atoms with E-state index in [1.165, 1.54) is 0 Å². The first kappa shape index (κ1) is 14.7. The van der Waals surface area contributed by atoms with E-state index in [4.69, 9.17) is 5.73 Å². The minimum absolute atomic E-state index is 0.000238. The molecule has 0 radical (unpaired) electrons. The van der Waals surface area contributed by atoms with Gasteiger partial charge in [0, 0.05) is 27.1 Å². The molecule has 1 unspecified atom stereocenters. The monoisotopic (exact) mass is 362 g/mol. The Hall–Kier alpha value is -0.390. The number of nitrogens with one attached hydrogen (secondary N) is 1. The molecule has 0 heterocycles. The van der Waals surface area contributed by atoms with Crippen molar-refractivity contribution in [1.82, 2.24) is 5.32 Å². The fourth-order valence-electron chi connectivity index (χ4n) is 1.43. The zero-order valence-electron chi connectivity index (χ0n) is 9.84. The zero-order valence-corrected chi connectivity index (χ0v) is 13.0. The van der Waals surface area contributed by atoms with Gasteiger partial charge in [-0.1, -0.05) is 45.7 Å². The number of rotatable bonds is 4. The second kappa shape index (κ2) is 6.52. The molecule has 3 N–H and O–H groups in total. The highest BCUT2D eigenvalue weighted by molar-refractivity contribution is 9.11. The Morgan fingerprint density at radius 2 is 1.82 bits per heavy atom. The second-order valence-corrected chi connectivity index (χ2v) is 6.05. The van der Waals surface area contributed by atoms with Gasteiger partial charge in [0.05, 0.1) is 0 Å². The van der Waals surface area contributed by atoms with Crippen LogP contribution in [0.3, 0.4) is 0 Å². The molecule has 0 saturated carbocycles. The van der Waals surface area contributed by atoms with Crippen molar-refractivity contribution < 1.29 is 4.79 Å². The summed E-state index contributed by atoms with van der Waals surface area (Å²) in [6.07, 6.45) is 0. The van der Waals surface area contributed by atoms with Gasteiger partial charge in [-0.3, -0.25) is 4.79 Å². The number of halogens is 2. The molecule has 0 aliphatic rings. The van der Waals surface area contributed by atoms with Crippen LogP contribution in [0.4, 0.5) is 0 Å². The predicted molar refractivity (Wildman–Crippen MR) is 77.0 cm³/mol. The SMILES string of the molecule is CC(C)C(CN)NC(=O)c1cc(Br)cc(Br)c1. The molecule has 0 aliphatic heterocycles. The molecule has 17 heavy (non-hydrogen) atoms. The van der Waals surface area contributed by atoms with E-state index in [0.29, 0.717) is 18.0 Å². The molecule has 0 fully saturated rings. The Morgan fingerprint density at radius 3 is 2.24 bits per heavy atom. The molecule has 1 aromatic carbocycles. The van der Waals surface area contributed by atoms with Crippen LogP contribution in [0.1, 0.15) is 24.2 Å². The molecule has 0 saturated heterocycles. The van der Waals surface area contributed by atoms with Crippen molar-refractivity contribution in [3.8, 4) is 0 Å². The third-order valence-corrected chi connectivity index (χ3v) is 3.42. The number of carbonyl (C=O) groups excluding carboxylic acids is 1. The van der Waals surface area contributed by atoms with Gasteiger partial charge < -0.3 is 11.1 Å². The molecule has 1 atom stereocenters. The molecular weight excluding hydrogens is 348 g/mol. The molecule has 0 spiro atoms. The molecule has 0 aromatic heterocycles. The first-order valence-electron chi connectivity index (χ1n) is 5.41. The molecule has 0 bridgehead atoms. The van der Waals surface area contributed by atoms with E-state index in [1.54, 1.807) is 12.1 Å². The van der Waals surface area contributed by atoms with Crippen LogP contribution in [-0.4, -0.2) is 18.5 Å². The average Bonchev–Trinajstić information content (AvgIpc) is 2.23. The average molecular weight is 364 g/mol. The fraction of sp³-hybridized carbons (Fsp3) is 0.417. The van der Waals surface area contributed by atoms with Gasteiger partial charge in [0.2, 0.25) is 0 Å². The Balaban J connectivity index is 2.82. The summed E-state index contributed by atoms with van der Waals surface area (Å²) < 4.78 is 1.73. The standard InChI is InChI=1S/C12H16Br2N2O/c1-7(2)11(6-15)16-12(17)8-3-9(13)5-10(14)4-8/h3-5,7,11H,6,15H2,1-2H3,(H,16,17). The Kier molecular flexibility index (Phi) is 5.62. The molecule has 1 aromatic rings. The number of hydrogen-bond acceptors (Lipinski definition) is 2. The van der Waals surface area contributed by atoms with Gasteiger partial charge in [-0.2, -0.15) is 0 Å². The van der Waals surface area contributed by atoms with Crippen molar-refractivity contribution in [2.24, 2.45) is 11.7 Å². The molecule has 0 aliphatic carbocycles. The van der Waals surface area contributed by atoms with Crippen LogP contribution in [0.15, 0.2) is 27.1 Å². The maximum atomic E-state index is 12.0.